The van der Waals surface area contributed by atoms with E-state index < -0.39 is 17.4 Å². The summed E-state index contributed by atoms with van der Waals surface area (Å²) in [6, 6.07) is 8.22. The summed E-state index contributed by atoms with van der Waals surface area (Å²) in [4.78, 5) is 22.6. The molecule has 2 N–H and O–H groups in total. The molecule has 1 unspecified atom stereocenters. The number of carbonyl (C=O) groups excluding carboxylic acids is 2. The van der Waals surface area contributed by atoms with E-state index in [-0.39, 0.29) is 0 Å². The van der Waals surface area contributed by atoms with Gasteiger partial charge in [-0.2, -0.15) is 0 Å². The lowest BCUT2D eigenvalue weighted by atomic mass is 9.89. The fraction of sp³-hybridized carbons (Fsp3) is 0.467. The third-order valence-corrected chi connectivity index (χ3v) is 3.43. The molecule has 1 atom stereocenters. The monoisotopic (exact) mass is 260 g/mol. The molecule has 1 aromatic carbocycles. The molecule has 2 rings (SSSR count). The van der Waals surface area contributed by atoms with Crippen LogP contribution < -0.4 is 10.6 Å². The molecule has 0 spiro atoms. The molecule has 0 saturated carbocycles. The van der Waals surface area contributed by atoms with Crippen LogP contribution in [0.2, 0.25) is 0 Å². The van der Waals surface area contributed by atoms with Gasteiger partial charge < -0.3 is 10.6 Å². The van der Waals surface area contributed by atoms with Crippen molar-refractivity contribution in [2.24, 2.45) is 5.92 Å². The number of piperazine rings is 1. The normalized spacial score (nSPS) is 23.2. The number of benzene rings is 1. The molecular weight excluding hydrogens is 240 g/mol. The molecule has 19 heavy (non-hydrogen) atoms. The summed E-state index contributed by atoms with van der Waals surface area (Å²) < 4.78 is 0. The smallest absolute Gasteiger partial charge is 0.310 e. The predicted molar refractivity (Wildman–Crippen MR) is 73.5 cm³/mol. The highest BCUT2D eigenvalue weighted by Crippen LogP contribution is 2.23. The summed E-state index contributed by atoms with van der Waals surface area (Å²) in [5.74, 6) is -0.510. The third-order valence-electron chi connectivity index (χ3n) is 3.43. The molecule has 1 fully saturated rings. The van der Waals surface area contributed by atoms with Crippen molar-refractivity contribution < 1.29 is 9.59 Å². The van der Waals surface area contributed by atoms with Crippen molar-refractivity contribution >= 4 is 11.8 Å². The van der Waals surface area contributed by atoms with Crippen LogP contribution >= 0.6 is 0 Å². The van der Waals surface area contributed by atoms with E-state index in [1.54, 1.807) is 0 Å². The molecule has 0 radical (unpaired) electrons. The second-order valence-corrected chi connectivity index (χ2v) is 5.76. The molecule has 1 aliphatic heterocycles. The first kappa shape index (κ1) is 13.6. The Hall–Kier alpha value is -1.84. The van der Waals surface area contributed by atoms with Crippen molar-refractivity contribution in [1.82, 2.24) is 10.6 Å². The van der Waals surface area contributed by atoms with E-state index in [0.717, 1.165) is 12.0 Å². The fourth-order valence-electron chi connectivity index (χ4n) is 2.34. The van der Waals surface area contributed by atoms with Gasteiger partial charge >= 0.3 is 11.8 Å². The number of carbonyl (C=O) groups is 2. The van der Waals surface area contributed by atoms with Crippen LogP contribution in [0.4, 0.5) is 0 Å². The number of hydrogen-bond donors (Lipinski definition) is 2. The van der Waals surface area contributed by atoms with Crippen LogP contribution in [0.25, 0.3) is 0 Å². The van der Waals surface area contributed by atoms with E-state index in [2.05, 4.69) is 36.6 Å². The zero-order valence-electron chi connectivity index (χ0n) is 11.6. The summed E-state index contributed by atoms with van der Waals surface area (Å²) in [5, 5.41) is 5.38. The average molecular weight is 260 g/mol. The summed E-state index contributed by atoms with van der Waals surface area (Å²) in [6.45, 7) is 6.71. The second-order valence-electron chi connectivity index (χ2n) is 5.76. The van der Waals surface area contributed by atoms with E-state index >= 15 is 0 Å². The minimum Gasteiger partial charge on any atom is -0.345 e. The number of nitrogens with one attached hydrogen (secondary N) is 2. The Kier molecular flexibility index (Phi) is 3.60. The van der Waals surface area contributed by atoms with Crippen molar-refractivity contribution in [1.29, 1.82) is 0 Å². The molecule has 2 amide bonds. The summed E-state index contributed by atoms with van der Waals surface area (Å²) in [6.07, 6.45) is 1.04. The van der Waals surface area contributed by atoms with Crippen LogP contribution in [0.5, 0.6) is 0 Å². The molecule has 0 aliphatic carbocycles. The van der Waals surface area contributed by atoms with Crippen molar-refractivity contribution in [3.8, 4) is 0 Å². The maximum atomic E-state index is 11.5. The standard InChI is InChI=1S/C15H20N2O2/c1-10(2)8-11-4-6-12(7-5-11)15(3)9-16-13(18)14(19)17-15/h4-7,10H,8-9H2,1-3H3,(H,16,18)(H,17,19). The van der Waals surface area contributed by atoms with Gasteiger partial charge in [0, 0.05) is 6.54 Å². The van der Waals surface area contributed by atoms with E-state index in [0.29, 0.717) is 12.5 Å². The number of hydrogen-bond acceptors (Lipinski definition) is 2. The molecule has 1 aromatic rings. The zero-order chi connectivity index (χ0) is 14.0. The lowest BCUT2D eigenvalue weighted by Crippen LogP contribution is -2.60. The molecule has 0 aromatic heterocycles. The molecular formula is C15H20N2O2. The van der Waals surface area contributed by atoms with Gasteiger partial charge in [-0.15, -0.1) is 0 Å². The van der Waals surface area contributed by atoms with Gasteiger partial charge in [-0.3, -0.25) is 9.59 Å². The van der Waals surface area contributed by atoms with Gasteiger partial charge in [0.1, 0.15) is 0 Å². The topological polar surface area (TPSA) is 58.2 Å². The van der Waals surface area contributed by atoms with Gasteiger partial charge in [-0.05, 0) is 30.4 Å². The lowest BCUT2D eigenvalue weighted by Gasteiger charge is -2.35. The number of rotatable bonds is 3. The van der Waals surface area contributed by atoms with E-state index in [9.17, 15) is 9.59 Å². The Bertz CT molecular complexity index is 493. The highest BCUT2D eigenvalue weighted by atomic mass is 16.2. The Morgan fingerprint density at radius 3 is 2.32 bits per heavy atom. The second kappa shape index (κ2) is 5.03. The molecule has 1 heterocycles. The molecule has 4 heteroatoms. The third kappa shape index (κ3) is 2.95. The minimum absolute atomic E-state index is 0.418. The lowest BCUT2D eigenvalue weighted by molar-refractivity contribution is -0.142. The first-order chi connectivity index (χ1) is 8.90. The molecule has 102 valence electrons. The SMILES string of the molecule is CC(C)Cc1ccc(C2(C)CNC(=O)C(=O)N2)cc1. The van der Waals surface area contributed by atoms with Gasteiger partial charge in [0.25, 0.3) is 0 Å². The van der Waals surface area contributed by atoms with Crippen LogP contribution in [0.1, 0.15) is 31.9 Å². The van der Waals surface area contributed by atoms with Gasteiger partial charge in [-0.1, -0.05) is 38.1 Å². The van der Waals surface area contributed by atoms with E-state index in [4.69, 9.17) is 0 Å². The van der Waals surface area contributed by atoms with Crippen LogP contribution in [0.3, 0.4) is 0 Å². The maximum Gasteiger partial charge on any atom is 0.310 e. The summed E-state index contributed by atoms with van der Waals surface area (Å²) >= 11 is 0. The van der Waals surface area contributed by atoms with Crippen molar-refractivity contribution in [2.75, 3.05) is 6.54 Å². The zero-order valence-corrected chi connectivity index (χ0v) is 11.6. The van der Waals surface area contributed by atoms with E-state index in [1.807, 2.05) is 19.1 Å². The number of amides is 2. The molecule has 0 bridgehead atoms. The molecule has 4 nitrogen and oxygen atoms in total. The summed E-state index contributed by atoms with van der Waals surface area (Å²) in [5.41, 5.74) is 1.77. The molecule has 1 aliphatic rings. The van der Waals surface area contributed by atoms with Gasteiger partial charge in [-0.25, -0.2) is 0 Å². The van der Waals surface area contributed by atoms with Crippen LogP contribution in [-0.2, 0) is 21.5 Å². The van der Waals surface area contributed by atoms with Crippen LogP contribution in [-0.4, -0.2) is 18.4 Å². The maximum absolute atomic E-state index is 11.5. The van der Waals surface area contributed by atoms with Crippen molar-refractivity contribution in [3.05, 3.63) is 35.4 Å². The van der Waals surface area contributed by atoms with Crippen molar-refractivity contribution in [2.45, 2.75) is 32.7 Å². The Balaban J connectivity index is 2.17. The average Bonchev–Trinajstić information content (AvgIpc) is 2.34. The minimum atomic E-state index is -0.569. The Labute approximate surface area is 113 Å². The van der Waals surface area contributed by atoms with E-state index in [1.165, 1.54) is 5.56 Å². The summed E-state index contributed by atoms with van der Waals surface area (Å²) in [7, 11) is 0. The Morgan fingerprint density at radius 2 is 1.79 bits per heavy atom. The fourth-order valence-corrected chi connectivity index (χ4v) is 2.34. The highest BCUT2D eigenvalue weighted by Gasteiger charge is 2.35. The first-order valence-corrected chi connectivity index (χ1v) is 6.60. The molecule has 1 saturated heterocycles. The van der Waals surface area contributed by atoms with Gasteiger partial charge in [0.15, 0.2) is 0 Å². The van der Waals surface area contributed by atoms with Crippen LogP contribution in [0.15, 0.2) is 24.3 Å². The predicted octanol–water partition coefficient (Wildman–Crippen LogP) is 1.35. The van der Waals surface area contributed by atoms with Crippen LogP contribution in [0, 0.1) is 5.92 Å². The van der Waals surface area contributed by atoms with Gasteiger partial charge in [0.2, 0.25) is 0 Å². The highest BCUT2D eigenvalue weighted by molar-refractivity contribution is 6.35. The van der Waals surface area contributed by atoms with Crippen molar-refractivity contribution in [3.63, 3.8) is 0 Å². The first-order valence-electron chi connectivity index (χ1n) is 6.60. The largest absolute Gasteiger partial charge is 0.345 e. The Morgan fingerprint density at radius 1 is 1.16 bits per heavy atom. The van der Waals surface area contributed by atoms with Gasteiger partial charge in [0.05, 0.1) is 5.54 Å². The quantitative estimate of drug-likeness (QED) is 0.806.